The van der Waals surface area contributed by atoms with Gasteiger partial charge in [0, 0.05) is 23.5 Å². The van der Waals surface area contributed by atoms with E-state index in [9.17, 15) is 8.78 Å². The second-order valence-corrected chi connectivity index (χ2v) is 7.74. The Labute approximate surface area is 139 Å². The van der Waals surface area contributed by atoms with Crippen LogP contribution in [0.3, 0.4) is 0 Å². The van der Waals surface area contributed by atoms with Gasteiger partial charge in [-0.3, -0.25) is 0 Å². The molecule has 1 fully saturated rings. The van der Waals surface area contributed by atoms with E-state index < -0.39 is 6.43 Å². The van der Waals surface area contributed by atoms with Crippen LogP contribution in [0.25, 0.3) is 10.2 Å². The molecule has 1 N–H and O–H groups in total. The van der Waals surface area contributed by atoms with Crippen molar-refractivity contribution in [2.45, 2.75) is 38.2 Å². The lowest BCUT2D eigenvalue weighted by Crippen LogP contribution is -2.03. The summed E-state index contributed by atoms with van der Waals surface area (Å²) in [5.41, 5.74) is 1.72. The minimum Gasteiger partial charge on any atom is -0.356 e. The van der Waals surface area contributed by atoms with Crippen LogP contribution in [-0.4, -0.2) is 14.3 Å². The summed E-state index contributed by atoms with van der Waals surface area (Å²) in [4.78, 5) is 8.52. The first kappa shape index (κ1) is 14.9. The number of rotatable bonds is 5. The minimum absolute atomic E-state index is 0.132. The molecule has 0 atom stereocenters. The van der Waals surface area contributed by atoms with Gasteiger partial charge in [0.2, 0.25) is 5.13 Å². The number of thiazole rings is 1. The Kier molecular flexibility index (Phi) is 3.53. The Hall–Kier alpha value is -1.67. The molecule has 4 nitrogen and oxygen atoms in total. The van der Waals surface area contributed by atoms with Crippen LogP contribution < -0.4 is 5.32 Å². The van der Waals surface area contributed by atoms with E-state index >= 15 is 0 Å². The number of alkyl halides is 2. The molecule has 0 amide bonds. The summed E-state index contributed by atoms with van der Waals surface area (Å²) < 4.78 is 30.9. The zero-order valence-corrected chi connectivity index (χ0v) is 14.0. The van der Waals surface area contributed by atoms with Gasteiger partial charge in [0.25, 0.3) is 6.43 Å². The standard InChI is InChI=1S/C15H14F2N4S2/c1-15(5-6-15)13-20-14(23-21-13)18-7-8-3-2-4-9-10(8)22-12(19-9)11(16)17/h2-4,11H,5-7H2,1H3,(H,18,20,21). The SMILES string of the molecule is CC1(c2nsc(NCc3cccc4nc(C(F)F)sc34)n2)CC1. The number of fused-ring (bicyclic) bond motifs is 1. The summed E-state index contributed by atoms with van der Waals surface area (Å²) in [6.07, 6.45) is -0.252. The van der Waals surface area contributed by atoms with Crippen molar-refractivity contribution in [1.29, 1.82) is 0 Å². The maximum atomic E-state index is 12.8. The summed E-state index contributed by atoms with van der Waals surface area (Å²) in [7, 11) is 0. The molecule has 0 unspecified atom stereocenters. The number of benzene rings is 1. The predicted octanol–water partition coefficient (Wildman–Crippen LogP) is 4.75. The van der Waals surface area contributed by atoms with Gasteiger partial charge >= 0.3 is 0 Å². The highest BCUT2D eigenvalue weighted by Crippen LogP contribution is 2.46. The topological polar surface area (TPSA) is 50.7 Å². The highest BCUT2D eigenvalue weighted by atomic mass is 32.1. The van der Waals surface area contributed by atoms with Crippen LogP contribution in [0.15, 0.2) is 18.2 Å². The predicted molar refractivity (Wildman–Crippen MR) is 88.4 cm³/mol. The molecule has 120 valence electrons. The molecule has 0 saturated heterocycles. The van der Waals surface area contributed by atoms with Gasteiger partial charge in [-0.15, -0.1) is 11.3 Å². The van der Waals surface area contributed by atoms with Crippen LogP contribution in [0, 0.1) is 0 Å². The molecule has 8 heteroatoms. The zero-order chi connectivity index (χ0) is 16.0. The van der Waals surface area contributed by atoms with Crippen molar-refractivity contribution < 1.29 is 8.78 Å². The lowest BCUT2D eigenvalue weighted by atomic mass is 10.1. The second kappa shape index (κ2) is 5.45. The first-order valence-corrected chi connectivity index (χ1v) is 8.89. The molecular formula is C15H14F2N4S2. The molecule has 3 aromatic rings. The quantitative estimate of drug-likeness (QED) is 0.720. The molecule has 0 radical (unpaired) electrons. The second-order valence-electron chi connectivity index (χ2n) is 5.96. The highest BCUT2D eigenvalue weighted by Gasteiger charge is 2.42. The van der Waals surface area contributed by atoms with Crippen LogP contribution in [-0.2, 0) is 12.0 Å². The average molecular weight is 352 g/mol. The Morgan fingerprint density at radius 2 is 2.13 bits per heavy atom. The first-order valence-electron chi connectivity index (χ1n) is 7.30. The van der Waals surface area contributed by atoms with E-state index in [1.54, 1.807) is 6.07 Å². The van der Waals surface area contributed by atoms with Gasteiger partial charge in [-0.1, -0.05) is 19.1 Å². The van der Waals surface area contributed by atoms with Gasteiger partial charge in [0.05, 0.1) is 10.2 Å². The molecule has 1 aromatic carbocycles. The average Bonchev–Trinajstić information content (AvgIpc) is 2.98. The lowest BCUT2D eigenvalue weighted by Gasteiger charge is -2.04. The van der Waals surface area contributed by atoms with Gasteiger partial charge in [-0.05, 0) is 24.5 Å². The van der Waals surface area contributed by atoms with Crippen molar-refractivity contribution >= 4 is 38.2 Å². The molecule has 2 heterocycles. The molecular weight excluding hydrogens is 338 g/mol. The van der Waals surface area contributed by atoms with Crippen LogP contribution in [0.1, 0.15) is 42.6 Å². The van der Waals surface area contributed by atoms with Crippen molar-refractivity contribution in [3.05, 3.63) is 34.6 Å². The number of nitrogens with zero attached hydrogens (tertiary/aromatic N) is 3. The number of aromatic nitrogens is 3. The van der Waals surface area contributed by atoms with Gasteiger partial charge in [0.1, 0.15) is 0 Å². The van der Waals surface area contributed by atoms with Gasteiger partial charge in [-0.2, -0.15) is 4.37 Å². The highest BCUT2D eigenvalue weighted by molar-refractivity contribution is 7.18. The number of halogens is 2. The van der Waals surface area contributed by atoms with Gasteiger partial charge in [0.15, 0.2) is 10.8 Å². The van der Waals surface area contributed by atoms with E-state index in [4.69, 9.17) is 0 Å². The van der Waals surface area contributed by atoms with Crippen LogP contribution >= 0.6 is 22.9 Å². The fourth-order valence-corrected chi connectivity index (χ4v) is 4.01. The Balaban J connectivity index is 1.54. The summed E-state index contributed by atoms with van der Waals surface area (Å²) in [5, 5.41) is 3.88. The normalized spacial score (nSPS) is 16.2. The molecule has 1 saturated carbocycles. The van der Waals surface area contributed by atoms with Crippen molar-refractivity contribution in [2.75, 3.05) is 5.32 Å². The van der Waals surface area contributed by atoms with Crippen molar-refractivity contribution in [3.8, 4) is 0 Å². The van der Waals surface area contributed by atoms with Crippen LogP contribution in [0.5, 0.6) is 0 Å². The van der Waals surface area contributed by atoms with Crippen molar-refractivity contribution in [3.63, 3.8) is 0 Å². The largest absolute Gasteiger partial charge is 0.356 e. The molecule has 0 aliphatic heterocycles. The third kappa shape index (κ3) is 2.81. The lowest BCUT2D eigenvalue weighted by molar-refractivity contribution is 0.151. The molecule has 0 spiro atoms. The van der Waals surface area contributed by atoms with Crippen LogP contribution in [0.4, 0.5) is 13.9 Å². The molecule has 4 rings (SSSR count). The molecule has 23 heavy (non-hydrogen) atoms. The molecule has 1 aliphatic rings. The maximum absolute atomic E-state index is 12.8. The zero-order valence-electron chi connectivity index (χ0n) is 12.3. The van der Waals surface area contributed by atoms with E-state index in [0.29, 0.717) is 12.1 Å². The fraction of sp³-hybridized carbons (Fsp3) is 0.400. The number of hydrogen-bond acceptors (Lipinski definition) is 6. The first-order chi connectivity index (χ1) is 11.0. The monoisotopic (exact) mass is 352 g/mol. The van der Waals surface area contributed by atoms with E-state index in [-0.39, 0.29) is 10.4 Å². The Bertz CT molecular complexity index is 854. The third-order valence-corrected chi connectivity index (χ3v) is 5.92. The fourth-order valence-electron chi connectivity index (χ4n) is 2.38. The summed E-state index contributed by atoms with van der Waals surface area (Å²) >= 11 is 2.40. The van der Waals surface area contributed by atoms with Gasteiger partial charge < -0.3 is 5.32 Å². The molecule has 1 aliphatic carbocycles. The Morgan fingerprint density at radius 3 is 2.87 bits per heavy atom. The summed E-state index contributed by atoms with van der Waals surface area (Å²) in [6.45, 7) is 2.69. The maximum Gasteiger partial charge on any atom is 0.289 e. The van der Waals surface area contributed by atoms with Gasteiger partial charge in [-0.25, -0.2) is 18.7 Å². The summed E-state index contributed by atoms with van der Waals surface area (Å²) in [6, 6.07) is 5.52. The minimum atomic E-state index is -2.53. The number of hydrogen-bond donors (Lipinski definition) is 1. The molecule has 0 bridgehead atoms. The Morgan fingerprint density at radius 1 is 1.30 bits per heavy atom. The molecule has 2 aromatic heterocycles. The van der Waals surface area contributed by atoms with Crippen LogP contribution in [0.2, 0.25) is 0 Å². The summed E-state index contributed by atoms with van der Waals surface area (Å²) in [5.74, 6) is 0.904. The van der Waals surface area contributed by atoms with Crippen molar-refractivity contribution in [2.24, 2.45) is 0 Å². The van der Waals surface area contributed by atoms with E-state index in [1.807, 2.05) is 12.1 Å². The smallest absolute Gasteiger partial charge is 0.289 e. The number of nitrogens with one attached hydrogen (secondary N) is 1. The van der Waals surface area contributed by atoms with E-state index in [1.165, 1.54) is 11.5 Å². The van der Waals surface area contributed by atoms with E-state index in [2.05, 4.69) is 26.6 Å². The number of anilines is 1. The van der Waals surface area contributed by atoms with E-state index in [0.717, 1.165) is 45.4 Å². The third-order valence-electron chi connectivity index (χ3n) is 4.10. The van der Waals surface area contributed by atoms with Crippen molar-refractivity contribution in [1.82, 2.24) is 14.3 Å².